The van der Waals surface area contributed by atoms with E-state index in [2.05, 4.69) is 47.5 Å². The van der Waals surface area contributed by atoms with Crippen LogP contribution in [0, 0.1) is 6.92 Å². The number of hydrogen-bond donors (Lipinski definition) is 0. The van der Waals surface area contributed by atoms with Crippen LogP contribution < -0.4 is 9.47 Å². The number of hydrogen-bond acceptors (Lipinski definition) is 6. The van der Waals surface area contributed by atoms with E-state index in [1.165, 1.54) is 21.6 Å². The van der Waals surface area contributed by atoms with Gasteiger partial charge in [0.15, 0.2) is 11.5 Å². The van der Waals surface area contributed by atoms with Gasteiger partial charge in [-0.2, -0.15) is 0 Å². The minimum Gasteiger partial charge on any atom is -0.454 e. The number of piperazine rings is 1. The molecular formula is C28H29N3O4S. The molecular weight excluding hydrogens is 474 g/mol. The first-order valence-electron chi connectivity index (χ1n) is 12.4. The molecule has 6 rings (SSSR count). The van der Waals surface area contributed by atoms with Crippen LogP contribution in [0.2, 0.25) is 0 Å². The molecule has 1 atom stereocenters. The molecule has 7 nitrogen and oxygen atoms in total. The van der Waals surface area contributed by atoms with Gasteiger partial charge < -0.3 is 19.3 Å². The van der Waals surface area contributed by atoms with E-state index in [0.29, 0.717) is 49.8 Å². The second kappa shape index (κ2) is 9.59. The van der Waals surface area contributed by atoms with Crippen LogP contribution >= 0.6 is 11.3 Å². The van der Waals surface area contributed by atoms with Gasteiger partial charge in [-0.1, -0.05) is 24.3 Å². The minimum atomic E-state index is -0.0407. The molecule has 0 radical (unpaired) electrons. The maximum absolute atomic E-state index is 13.4. The first-order chi connectivity index (χ1) is 17.6. The first-order valence-corrected chi connectivity index (χ1v) is 13.3. The van der Waals surface area contributed by atoms with Gasteiger partial charge in [0.1, 0.15) is 0 Å². The Kier molecular flexibility index (Phi) is 6.15. The third-order valence-electron chi connectivity index (χ3n) is 7.43. The summed E-state index contributed by atoms with van der Waals surface area (Å²) >= 11 is 1.81. The molecule has 4 heterocycles. The zero-order valence-corrected chi connectivity index (χ0v) is 21.1. The zero-order valence-electron chi connectivity index (χ0n) is 20.3. The van der Waals surface area contributed by atoms with E-state index in [1.54, 1.807) is 18.2 Å². The summed E-state index contributed by atoms with van der Waals surface area (Å²) in [7, 11) is 0. The van der Waals surface area contributed by atoms with Crippen molar-refractivity contribution >= 4 is 23.2 Å². The lowest BCUT2D eigenvalue weighted by Gasteiger charge is -2.39. The first kappa shape index (κ1) is 23.1. The summed E-state index contributed by atoms with van der Waals surface area (Å²) < 4.78 is 10.8. The molecule has 3 aliphatic rings. The van der Waals surface area contributed by atoms with Crippen molar-refractivity contribution in [1.29, 1.82) is 0 Å². The third-order valence-corrected chi connectivity index (χ3v) is 8.42. The average Bonchev–Trinajstić information content (AvgIpc) is 3.58. The van der Waals surface area contributed by atoms with Crippen molar-refractivity contribution in [2.75, 3.05) is 46.1 Å². The van der Waals surface area contributed by atoms with Crippen LogP contribution in [0.3, 0.4) is 0 Å². The van der Waals surface area contributed by atoms with Crippen LogP contribution in [0.5, 0.6) is 11.5 Å². The molecule has 1 unspecified atom stereocenters. The van der Waals surface area contributed by atoms with E-state index in [-0.39, 0.29) is 24.6 Å². The summed E-state index contributed by atoms with van der Waals surface area (Å²) in [5.41, 5.74) is 4.42. The topological polar surface area (TPSA) is 62.3 Å². The number of ether oxygens (including phenoxy) is 2. The number of amides is 2. The summed E-state index contributed by atoms with van der Waals surface area (Å²) in [5.74, 6) is 1.36. The maximum atomic E-state index is 13.4. The summed E-state index contributed by atoms with van der Waals surface area (Å²) in [4.78, 5) is 33.9. The monoisotopic (exact) mass is 503 g/mol. The van der Waals surface area contributed by atoms with Crippen LogP contribution in [-0.4, -0.2) is 72.6 Å². The third kappa shape index (κ3) is 4.24. The Labute approximate surface area is 214 Å². The molecule has 2 amide bonds. The quantitative estimate of drug-likeness (QED) is 0.543. The highest BCUT2D eigenvalue weighted by molar-refractivity contribution is 7.10. The predicted molar refractivity (Wildman–Crippen MR) is 138 cm³/mol. The van der Waals surface area contributed by atoms with Crippen LogP contribution in [0.15, 0.2) is 53.9 Å². The van der Waals surface area contributed by atoms with E-state index < -0.39 is 0 Å². The van der Waals surface area contributed by atoms with E-state index in [1.807, 2.05) is 21.1 Å². The fraction of sp³-hybridized carbons (Fsp3) is 0.357. The molecule has 1 fully saturated rings. The van der Waals surface area contributed by atoms with Gasteiger partial charge in [0, 0.05) is 43.2 Å². The number of rotatable bonds is 4. The summed E-state index contributed by atoms with van der Waals surface area (Å²) in [6, 6.07) is 16.1. The number of thiophene rings is 1. The van der Waals surface area contributed by atoms with Gasteiger partial charge in [0.2, 0.25) is 12.7 Å². The molecule has 0 saturated carbocycles. The zero-order chi connectivity index (χ0) is 24.6. The summed E-state index contributed by atoms with van der Waals surface area (Å²) in [6.45, 7) is 5.70. The lowest BCUT2D eigenvalue weighted by molar-refractivity contribution is -0.134. The largest absolute Gasteiger partial charge is 0.454 e. The van der Waals surface area contributed by atoms with Crippen LogP contribution in [0.1, 0.15) is 38.0 Å². The smallest absolute Gasteiger partial charge is 0.254 e. The Morgan fingerprint density at radius 1 is 0.917 bits per heavy atom. The van der Waals surface area contributed by atoms with Crippen molar-refractivity contribution < 1.29 is 19.1 Å². The minimum absolute atomic E-state index is 0.0407. The van der Waals surface area contributed by atoms with E-state index >= 15 is 0 Å². The van der Waals surface area contributed by atoms with Gasteiger partial charge in [-0.25, -0.2) is 0 Å². The van der Waals surface area contributed by atoms with Crippen molar-refractivity contribution in [2.24, 2.45) is 0 Å². The van der Waals surface area contributed by atoms with Crippen LogP contribution in [0.4, 0.5) is 0 Å². The normalized spacial score (nSPS) is 19.3. The standard InChI is InChI=1S/C28H29N3O4S/c1-19-4-2-3-5-21(19)27-22-9-15-36-25(22)8-10-31(27)17-26(32)29-11-13-30(14-12-29)28(33)20-6-7-23-24(16-20)35-18-34-23/h2-7,9,15-16,27H,8,10-14,17-18H2,1H3. The molecule has 3 aromatic rings. The molecule has 0 bridgehead atoms. The Morgan fingerprint density at radius 3 is 2.53 bits per heavy atom. The van der Waals surface area contributed by atoms with Gasteiger partial charge in [-0.05, 0) is 59.7 Å². The summed E-state index contributed by atoms with van der Waals surface area (Å²) in [6.07, 6.45) is 0.973. The van der Waals surface area contributed by atoms with Crippen LogP contribution in [0.25, 0.3) is 0 Å². The van der Waals surface area contributed by atoms with Gasteiger partial charge in [-0.15, -0.1) is 11.3 Å². The molecule has 1 saturated heterocycles. The average molecular weight is 504 g/mol. The molecule has 8 heteroatoms. The molecule has 186 valence electrons. The molecule has 0 N–H and O–H groups in total. The number of nitrogens with zero attached hydrogens (tertiary/aromatic N) is 3. The van der Waals surface area contributed by atoms with Crippen molar-refractivity contribution in [3.63, 3.8) is 0 Å². The summed E-state index contributed by atoms with van der Waals surface area (Å²) in [5, 5.41) is 2.16. The van der Waals surface area contributed by atoms with Crippen molar-refractivity contribution in [3.8, 4) is 11.5 Å². The number of carbonyl (C=O) groups is 2. The van der Waals surface area contributed by atoms with Gasteiger partial charge >= 0.3 is 0 Å². The Hall–Kier alpha value is -3.36. The van der Waals surface area contributed by atoms with Gasteiger partial charge in [0.25, 0.3) is 5.91 Å². The molecule has 0 spiro atoms. The van der Waals surface area contributed by atoms with Gasteiger partial charge in [-0.3, -0.25) is 14.5 Å². The maximum Gasteiger partial charge on any atom is 0.254 e. The lowest BCUT2D eigenvalue weighted by Crippen LogP contribution is -2.53. The van der Waals surface area contributed by atoms with Crippen LogP contribution in [-0.2, 0) is 11.2 Å². The highest BCUT2D eigenvalue weighted by Crippen LogP contribution is 2.39. The number of aryl methyl sites for hydroxylation is 1. The number of benzene rings is 2. The van der Waals surface area contributed by atoms with E-state index in [9.17, 15) is 9.59 Å². The fourth-order valence-electron chi connectivity index (χ4n) is 5.44. The van der Waals surface area contributed by atoms with Crippen molar-refractivity contribution in [1.82, 2.24) is 14.7 Å². The number of carbonyl (C=O) groups excluding carboxylic acids is 2. The predicted octanol–water partition coefficient (Wildman–Crippen LogP) is 3.72. The Morgan fingerprint density at radius 2 is 1.69 bits per heavy atom. The highest BCUT2D eigenvalue weighted by atomic mass is 32.1. The lowest BCUT2D eigenvalue weighted by atomic mass is 9.90. The van der Waals surface area contributed by atoms with Crippen molar-refractivity contribution in [3.05, 3.63) is 81.0 Å². The Balaban J connectivity index is 1.12. The van der Waals surface area contributed by atoms with E-state index in [4.69, 9.17) is 9.47 Å². The molecule has 3 aliphatic heterocycles. The molecule has 0 aliphatic carbocycles. The Bertz CT molecular complexity index is 1300. The number of fused-ring (bicyclic) bond motifs is 2. The molecule has 36 heavy (non-hydrogen) atoms. The van der Waals surface area contributed by atoms with E-state index in [0.717, 1.165) is 13.0 Å². The van der Waals surface area contributed by atoms with Gasteiger partial charge in [0.05, 0.1) is 12.6 Å². The molecule has 2 aromatic carbocycles. The molecule has 1 aromatic heterocycles. The highest BCUT2D eigenvalue weighted by Gasteiger charge is 2.33. The SMILES string of the molecule is Cc1ccccc1C1c2ccsc2CCN1CC(=O)N1CCN(C(=O)c2ccc3c(c2)OCO3)CC1. The second-order valence-electron chi connectivity index (χ2n) is 9.52. The van der Waals surface area contributed by atoms with Crippen molar-refractivity contribution in [2.45, 2.75) is 19.4 Å². The fourth-order valence-corrected chi connectivity index (χ4v) is 6.35. The second-order valence-corrected chi connectivity index (χ2v) is 10.5.